The quantitative estimate of drug-likeness (QED) is 0.0166. The van der Waals surface area contributed by atoms with Gasteiger partial charge < -0.3 is 84.1 Å². The Balaban J connectivity index is -0.00000233. The van der Waals surface area contributed by atoms with Gasteiger partial charge >= 0.3 is 0 Å². The number of amides is 9. The molecule has 0 radical (unpaired) electrons. The molecular formula is C64H118N14O30S-2. The van der Waals surface area contributed by atoms with Crippen LogP contribution in [0.2, 0.25) is 0 Å². The van der Waals surface area contributed by atoms with Gasteiger partial charge in [-0.25, -0.2) is 37.8 Å². The second-order valence-electron chi connectivity index (χ2n) is 27.8. The Bertz CT molecular complexity index is 3210. The van der Waals surface area contributed by atoms with E-state index in [1.54, 1.807) is 0 Å². The summed E-state index contributed by atoms with van der Waals surface area (Å²) in [6, 6.07) is 0. The van der Waals surface area contributed by atoms with E-state index in [1.807, 2.05) is 70.9 Å². The van der Waals surface area contributed by atoms with Gasteiger partial charge in [0.2, 0.25) is 71.0 Å². The van der Waals surface area contributed by atoms with Crippen molar-refractivity contribution in [3.05, 3.63) is 0 Å². The Kier molecular flexibility index (Phi) is 41.2. The van der Waals surface area contributed by atoms with E-state index in [1.165, 1.54) is 47.0 Å². The molecule has 0 saturated heterocycles. The average molecular weight is 1600 g/mol. The Morgan fingerprint density at radius 3 is 0.835 bits per heavy atom. The van der Waals surface area contributed by atoms with Gasteiger partial charge in [0.05, 0.1) is 25.2 Å². The first-order chi connectivity index (χ1) is 49.2. The van der Waals surface area contributed by atoms with Gasteiger partial charge in [-0.3, -0.25) is 82.0 Å². The molecule has 9 amide bonds. The number of anilines is 3. The van der Waals surface area contributed by atoms with E-state index < -0.39 is 149 Å². The number of carbonyl (C=O) groups is 11. The van der Waals surface area contributed by atoms with Crippen molar-refractivity contribution in [1.82, 2.24) is 57.6 Å². The molecule has 1 heterocycles. The van der Waals surface area contributed by atoms with Crippen LogP contribution < -0.4 is 57.8 Å². The number of likely N-dealkylation sites (N-methyl/N-ethyl adjacent to an activating group) is 2. The van der Waals surface area contributed by atoms with E-state index in [0.29, 0.717) is 34.6 Å². The predicted octanol–water partition coefficient (Wildman–Crippen LogP) is -4.99. The van der Waals surface area contributed by atoms with E-state index >= 15 is 0 Å². The molecule has 0 aliphatic heterocycles. The number of aromatic nitrogens is 3. The maximum Gasteiger partial charge on any atom is 0.245 e. The van der Waals surface area contributed by atoms with Crippen LogP contribution in [0.1, 0.15) is 159 Å². The molecular weight excluding hydrogens is 1480 g/mol. The first kappa shape index (κ1) is 106. The lowest BCUT2D eigenvalue weighted by molar-refractivity contribution is -0.425. The number of aliphatic hydroxyl groups is 7. The molecule has 632 valence electrons. The fraction of sp³-hybridized carbons (Fsp3) is 0.781. The van der Waals surface area contributed by atoms with Crippen LogP contribution >= 0.6 is 12.0 Å². The molecule has 0 fully saturated rings. The number of carbonyl (C=O) groups excluding carboxylic acids is 11. The maximum atomic E-state index is 13.5. The third-order valence-corrected chi connectivity index (χ3v) is 20.1. The van der Waals surface area contributed by atoms with Crippen LogP contribution in [-0.4, -0.2) is 293 Å². The fourth-order valence-electron chi connectivity index (χ4n) is 10.5. The van der Waals surface area contributed by atoms with Crippen LogP contribution in [0.25, 0.3) is 0 Å². The maximum absolute atomic E-state index is 13.5. The molecule has 14 N–H and O–H groups in total. The zero-order valence-electron chi connectivity index (χ0n) is 68.0. The largest absolute Gasteiger partial charge is 0.549 e. The van der Waals surface area contributed by atoms with E-state index in [-0.39, 0.29) is 51.3 Å². The van der Waals surface area contributed by atoms with Gasteiger partial charge in [0.25, 0.3) is 0 Å². The average Bonchev–Trinajstić information content (AvgIpc) is 0.670. The summed E-state index contributed by atoms with van der Waals surface area (Å²) in [6.45, 7) is 21.9. The number of aliphatic hydroxyl groups excluding tert-OH is 2. The SMILES string of the molecule is CC(=O)NOC(C)(C(C)(C)C(=O)[O-])C(C)(ONC(C)=O)C(C)(O)C(C)(O)C(C)(ONC(C)=O)C(C)(ONC(C)=O)C(C)(O)C(C)(O)C(C)(ONC(C)=O)C(C)(ONC(C)=O)C(C)(O)C(C)(SO)C(=O)[O-].CN(C)CCO.CN(C)CCO.COCN(COC)c1nc(N(COC)C(C)=O)nc(N(C(C)=O)C(C)=O)n1. The molecule has 1 aromatic heterocycles. The highest BCUT2D eigenvalue weighted by atomic mass is 32.2. The lowest BCUT2D eigenvalue weighted by Gasteiger charge is -2.68. The van der Waals surface area contributed by atoms with Gasteiger partial charge in [-0.1, -0.05) is 13.8 Å². The van der Waals surface area contributed by atoms with Gasteiger partial charge in [0.1, 0.15) is 58.5 Å². The third kappa shape index (κ3) is 23.9. The molecule has 0 saturated carbocycles. The number of methoxy groups -OCH3 is 3. The van der Waals surface area contributed by atoms with Crippen molar-refractivity contribution >= 4 is 95.0 Å². The molecule has 0 spiro atoms. The van der Waals surface area contributed by atoms with E-state index in [9.17, 15) is 93.0 Å². The van der Waals surface area contributed by atoms with Crippen molar-refractivity contribution < 1.29 is 146 Å². The van der Waals surface area contributed by atoms with Gasteiger partial charge in [-0.15, -0.1) is 0 Å². The Hall–Kier alpha value is -7.23. The minimum atomic E-state index is -3.60. The number of ether oxygens (including phenoxy) is 3. The lowest BCUT2D eigenvalue weighted by Crippen LogP contribution is -2.90. The minimum absolute atomic E-state index is 0.0496. The number of nitrogens with zero attached hydrogens (tertiary/aromatic N) is 8. The first-order valence-corrected chi connectivity index (χ1v) is 33.7. The Morgan fingerprint density at radius 2 is 0.633 bits per heavy atom. The summed E-state index contributed by atoms with van der Waals surface area (Å²) in [4.78, 5) is 192. The normalized spacial score (nSPS) is 18.1. The highest BCUT2D eigenvalue weighted by Crippen LogP contribution is 2.61. The molecule has 1 rings (SSSR count). The Morgan fingerprint density at radius 1 is 0.385 bits per heavy atom. The topological polar surface area (TPSA) is 606 Å². The monoisotopic (exact) mass is 1590 g/mol. The van der Waals surface area contributed by atoms with Crippen LogP contribution in [-0.2, 0) is 96.0 Å². The van der Waals surface area contributed by atoms with Crippen molar-refractivity contribution in [2.24, 2.45) is 5.41 Å². The second kappa shape index (κ2) is 42.4. The lowest BCUT2D eigenvalue weighted by atomic mass is 9.50. The van der Waals surface area contributed by atoms with Crippen LogP contribution in [0.5, 0.6) is 0 Å². The Labute approximate surface area is 638 Å². The summed E-state index contributed by atoms with van der Waals surface area (Å²) in [7, 11) is 12.0. The molecule has 0 aromatic carbocycles. The molecule has 1 aromatic rings. The fourth-order valence-corrected chi connectivity index (χ4v) is 10.9. The number of nitrogens with one attached hydrogen (secondary N) is 6. The standard InChI is InChI=1S/C41H74N6O22S.C15H24N6O6.2C4H11NO/c1-21(48)42-64-36(15,29(7,8)27(54)55)38(17,66-44-23(3)50)32(11,59)33(12,60)40(19,68-46-25(5)52)41(20,69-47-26(6)53)35(14,62)34(13,61)39(18,67-45-24(4)51)37(16,65-43-22(2)49)31(10,58)30(9,70-63)28(56)57;1-10(22)20(9-27-6)14-16-13(19(7-25-4)8-26-5)17-15(18-14)21(11(2)23)12(3)24;2*1-5(2)3-4-6/h58-63H,1-20H3,(H,42,48)(H,43,49)(H,44,50)(H,45,51)(H,46,52)(H,47,53)(H,54,55)(H,56,57);7-9H2,1-6H3;2*6H,3-4H2,1-2H3/p-2. The molecule has 12 atom stereocenters. The summed E-state index contributed by atoms with van der Waals surface area (Å²) in [5.41, 5.74) is -27.6. The zero-order chi connectivity index (χ0) is 86.9. The number of rotatable bonds is 40. The summed E-state index contributed by atoms with van der Waals surface area (Å²) in [5, 5.41) is 108. The number of carboxylic acid groups (broad SMARTS) is 2. The number of hydrogen-bond acceptors (Lipinski definition) is 37. The minimum Gasteiger partial charge on any atom is -0.549 e. The first-order valence-electron chi connectivity index (χ1n) is 32.9. The van der Waals surface area contributed by atoms with Crippen molar-refractivity contribution in [2.45, 2.75) is 226 Å². The summed E-state index contributed by atoms with van der Waals surface area (Å²) in [5.74, 6) is -12.4. The van der Waals surface area contributed by atoms with Gasteiger partial charge in [-0.2, -0.15) is 15.0 Å². The van der Waals surface area contributed by atoms with Crippen LogP contribution in [0.15, 0.2) is 0 Å². The smallest absolute Gasteiger partial charge is 0.245 e. The summed E-state index contributed by atoms with van der Waals surface area (Å²) >= 11 is -0.535. The molecule has 0 aliphatic rings. The van der Waals surface area contributed by atoms with Gasteiger partial charge in [0, 0.05) is 114 Å². The van der Waals surface area contributed by atoms with Crippen LogP contribution in [0.4, 0.5) is 17.8 Å². The molecule has 45 heteroatoms. The van der Waals surface area contributed by atoms with Crippen LogP contribution in [0, 0.1) is 5.41 Å². The predicted molar refractivity (Wildman–Crippen MR) is 382 cm³/mol. The number of aliphatic carboxylic acids is 2. The van der Waals surface area contributed by atoms with E-state index in [0.717, 1.165) is 127 Å². The molecule has 0 aliphatic carbocycles. The second-order valence-corrected chi connectivity index (χ2v) is 28.8. The van der Waals surface area contributed by atoms with Crippen LogP contribution in [0.3, 0.4) is 0 Å². The van der Waals surface area contributed by atoms with E-state index in [4.69, 9.17) is 53.4 Å². The highest BCUT2D eigenvalue weighted by molar-refractivity contribution is 7.96. The van der Waals surface area contributed by atoms with Crippen molar-refractivity contribution in [2.75, 3.05) is 111 Å². The summed E-state index contributed by atoms with van der Waals surface area (Å²) in [6.07, 6.45) is 0. The zero-order valence-corrected chi connectivity index (χ0v) is 68.8. The third-order valence-electron chi connectivity index (χ3n) is 19.1. The molecule has 12 unspecified atom stereocenters. The van der Waals surface area contributed by atoms with E-state index in [2.05, 4.69) is 15.0 Å². The van der Waals surface area contributed by atoms with Gasteiger partial charge in [0.15, 0.2) is 28.0 Å². The van der Waals surface area contributed by atoms with Gasteiger partial charge in [-0.05, 0) is 111 Å². The molecule has 44 nitrogen and oxygen atoms in total. The molecule has 109 heavy (non-hydrogen) atoms. The number of imide groups is 1. The number of hydrogen-bond donors (Lipinski definition) is 14. The van der Waals surface area contributed by atoms with Crippen molar-refractivity contribution in [3.63, 3.8) is 0 Å². The number of hydroxylamine groups is 6. The number of carboxylic acids is 2. The molecule has 0 bridgehead atoms. The van der Waals surface area contributed by atoms with Crippen molar-refractivity contribution in [3.8, 4) is 0 Å². The highest BCUT2D eigenvalue weighted by Gasteiger charge is 2.83. The summed E-state index contributed by atoms with van der Waals surface area (Å²) < 4.78 is 22.6. The van der Waals surface area contributed by atoms with Crippen molar-refractivity contribution in [1.29, 1.82) is 0 Å².